The van der Waals surface area contributed by atoms with E-state index >= 15 is 0 Å². The van der Waals surface area contributed by atoms with Crippen molar-refractivity contribution in [2.75, 3.05) is 22.8 Å². The van der Waals surface area contributed by atoms with Crippen molar-refractivity contribution >= 4 is 25.7 Å². The lowest BCUT2D eigenvalue weighted by molar-refractivity contribution is -0.274. The van der Waals surface area contributed by atoms with Gasteiger partial charge in [0.1, 0.15) is 5.75 Å². The number of hydrogen-bond acceptors (Lipinski definition) is 7. The molecule has 188 valence electrons. The van der Waals surface area contributed by atoms with Crippen molar-refractivity contribution in [2.24, 2.45) is 0 Å². The summed E-state index contributed by atoms with van der Waals surface area (Å²) in [6.07, 6.45) is -0.861. The second kappa shape index (κ2) is 10.1. The minimum atomic E-state index is -4.98. The van der Waals surface area contributed by atoms with Gasteiger partial charge in [-0.25, -0.2) is 21.8 Å². The van der Waals surface area contributed by atoms with E-state index in [0.29, 0.717) is 19.1 Å². The number of halogens is 3. The molecule has 0 aromatic heterocycles. The topological polar surface area (TPSA) is 96.0 Å². The third-order valence-electron chi connectivity index (χ3n) is 5.24. The van der Waals surface area contributed by atoms with Gasteiger partial charge < -0.3 is 4.74 Å². The quantitative estimate of drug-likeness (QED) is 0.568. The van der Waals surface area contributed by atoms with E-state index in [0.717, 1.165) is 43.0 Å². The minimum Gasteiger partial charge on any atom is -0.405 e. The molecular formula is C21H26F3N3O5S2. The van der Waals surface area contributed by atoms with E-state index in [1.807, 2.05) is 35.3 Å². The summed E-state index contributed by atoms with van der Waals surface area (Å²) < 4.78 is 91.7. The minimum absolute atomic E-state index is 0.00588. The third kappa shape index (κ3) is 6.84. The van der Waals surface area contributed by atoms with Gasteiger partial charge in [0.05, 0.1) is 18.2 Å². The molecule has 1 saturated heterocycles. The van der Waals surface area contributed by atoms with Gasteiger partial charge in [-0.15, -0.1) is 13.2 Å². The molecule has 0 aliphatic carbocycles. The predicted octanol–water partition coefficient (Wildman–Crippen LogP) is 3.54. The van der Waals surface area contributed by atoms with Crippen LogP contribution in [0.1, 0.15) is 36.4 Å². The second-order valence-corrected chi connectivity index (χ2v) is 11.9. The predicted molar refractivity (Wildman–Crippen MR) is 122 cm³/mol. The second-order valence-electron chi connectivity index (χ2n) is 8.01. The molecule has 1 heterocycles. The summed E-state index contributed by atoms with van der Waals surface area (Å²) in [6, 6.07) is 12.6. The van der Waals surface area contributed by atoms with E-state index < -0.39 is 32.2 Å². The normalized spacial score (nSPS) is 18.0. The zero-order valence-corrected chi connectivity index (χ0v) is 20.3. The number of nitrogens with zero attached hydrogens (tertiary/aromatic N) is 2. The number of sulfonamides is 2. The fourth-order valence-corrected chi connectivity index (χ4v) is 6.96. The van der Waals surface area contributed by atoms with Crippen LogP contribution in [-0.2, 0) is 26.6 Å². The number of alkyl halides is 3. The number of hydrazine groups is 1. The average Bonchev–Trinajstić information content (AvgIpc) is 2.71. The molecule has 0 saturated carbocycles. The smallest absolute Gasteiger partial charge is 0.405 e. The zero-order chi connectivity index (χ0) is 25.1. The first-order chi connectivity index (χ1) is 15.8. The summed E-state index contributed by atoms with van der Waals surface area (Å²) >= 11 is 0. The molecule has 1 fully saturated rings. The lowest BCUT2D eigenvalue weighted by Crippen LogP contribution is -2.43. The first-order valence-corrected chi connectivity index (χ1v) is 14.1. The van der Waals surface area contributed by atoms with Crippen LogP contribution >= 0.6 is 0 Å². The van der Waals surface area contributed by atoms with Crippen LogP contribution in [0.5, 0.6) is 5.75 Å². The summed E-state index contributed by atoms with van der Waals surface area (Å²) in [5.41, 5.74) is 3.81. The van der Waals surface area contributed by atoms with E-state index in [2.05, 4.69) is 10.2 Å². The molecule has 2 aromatic carbocycles. The molecular weight excluding hydrogens is 495 g/mol. The Morgan fingerprint density at radius 2 is 1.68 bits per heavy atom. The Hall–Kier alpha value is -2.35. The van der Waals surface area contributed by atoms with Crippen LogP contribution in [0.3, 0.4) is 0 Å². The van der Waals surface area contributed by atoms with Crippen LogP contribution in [0, 0.1) is 0 Å². The maximum atomic E-state index is 13.0. The van der Waals surface area contributed by atoms with Crippen LogP contribution in [0.15, 0.2) is 48.5 Å². The van der Waals surface area contributed by atoms with E-state index in [1.54, 1.807) is 0 Å². The Morgan fingerprint density at radius 1 is 1.03 bits per heavy atom. The summed E-state index contributed by atoms with van der Waals surface area (Å²) in [6.45, 7) is 0.497. The zero-order valence-electron chi connectivity index (χ0n) is 18.6. The number of hydrogen-bond donors (Lipinski definition) is 1. The average molecular weight is 522 g/mol. The fourth-order valence-electron chi connectivity index (χ4n) is 4.00. The molecule has 0 bridgehead atoms. The number of ether oxygens (including phenoxy) is 1. The highest BCUT2D eigenvalue weighted by atomic mass is 32.3. The molecule has 8 nitrogen and oxygen atoms in total. The Bertz CT molecular complexity index is 1170. The number of rotatable bonds is 8. The van der Waals surface area contributed by atoms with Gasteiger partial charge >= 0.3 is 6.36 Å². The first kappa shape index (κ1) is 26.3. The highest BCUT2D eigenvalue weighted by Crippen LogP contribution is 2.33. The summed E-state index contributed by atoms with van der Waals surface area (Å²) in [4.78, 5) is 0. The molecule has 1 aliphatic rings. The van der Waals surface area contributed by atoms with Crippen molar-refractivity contribution in [2.45, 2.75) is 38.2 Å². The van der Waals surface area contributed by atoms with Crippen LogP contribution in [0.4, 0.5) is 18.9 Å². The fraction of sp³-hybridized carbons (Fsp3) is 0.429. The molecule has 34 heavy (non-hydrogen) atoms. The van der Waals surface area contributed by atoms with Crippen molar-refractivity contribution < 1.29 is 34.7 Å². The molecule has 1 atom stereocenters. The van der Waals surface area contributed by atoms with Crippen molar-refractivity contribution in [1.29, 1.82) is 0 Å². The van der Waals surface area contributed by atoms with Gasteiger partial charge in [0, 0.05) is 24.7 Å². The Labute approximate surface area is 197 Å². The number of piperidine rings is 1. The van der Waals surface area contributed by atoms with Crippen molar-refractivity contribution in [3.05, 3.63) is 59.7 Å². The van der Waals surface area contributed by atoms with Crippen LogP contribution in [-0.4, -0.2) is 47.3 Å². The molecule has 0 spiro atoms. The molecule has 13 heteroatoms. The molecule has 1 aliphatic heterocycles. The molecule has 1 unspecified atom stereocenters. The van der Waals surface area contributed by atoms with Crippen molar-refractivity contribution in [1.82, 2.24) is 10.4 Å². The molecule has 0 radical (unpaired) electrons. The number of nitrogens with one attached hydrogen (secondary N) is 1. The molecule has 2 aromatic rings. The Morgan fingerprint density at radius 3 is 2.26 bits per heavy atom. The van der Waals surface area contributed by atoms with Gasteiger partial charge in [0.2, 0.25) is 20.0 Å². The lowest BCUT2D eigenvalue weighted by Gasteiger charge is -2.36. The van der Waals surface area contributed by atoms with E-state index in [4.69, 9.17) is 0 Å². The van der Waals surface area contributed by atoms with Gasteiger partial charge in [0.15, 0.2) is 0 Å². The van der Waals surface area contributed by atoms with Crippen molar-refractivity contribution in [3.8, 4) is 5.75 Å². The molecule has 0 amide bonds. The SMILES string of the molecule is CS(=O)(=O)N(c1ccc(OC(F)(F)F)c(CNN2CCCCC2c2ccccc2)c1)S(C)(=O)=O. The van der Waals surface area contributed by atoms with E-state index in [1.165, 1.54) is 0 Å². The maximum Gasteiger partial charge on any atom is 0.573 e. The van der Waals surface area contributed by atoms with Crippen LogP contribution in [0.25, 0.3) is 0 Å². The number of benzene rings is 2. The molecule has 1 N–H and O–H groups in total. The van der Waals surface area contributed by atoms with Crippen LogP contribution < -0.4 is 13.9 Å². The summed E-state index contributed by atoms with van der Waals surface area (Å²) in [7, 11) is -8.54. The summed E-state index contributed by atoms with van der Waals surface area (Å²) in [5.74, 6) is -0.557. The van der Waals surface area contributed by atoms with Gasteiger partial charge in [-0.05, 0) is 36.6 Å². The highest BCUT2D eigenvalue weighted by molar-refractivity contribution is 8.09. The highest BCUT2D eigenvalue weighted by Gasteiger charge is 2.34. The van der Waals surface area contributed by atoms with E-state index in [-0.39, 0.29) is 27.5 Å². The molecule has 3 rings (SSSR count). The van der Waals surface area contributed by atoms with Gasteiger partial charge in [-0.3, -0.25) is 5.43 Å². The van der Waals surface area contributed by atoms with Crippen molar-refractivity contribution in [3.63, 3.8) is 0 Å². The van der Waals surface area contributed by atoms with Gasteiger partial charge in [-0.2, -0.15) is 3.71 Å². The van der Waals surface area contributed by atoms with E-state index in [9.17, 15) is 30.0 Å². The Kier molecular flexibility index (Phi) is 7.80. The van der Waals surface area contributed by atoms with Crippen LogP contribution in [0.2, 0.25) is 0 Å². The Balaban J connectivity index is 1.95. The standard InChI is InChI=1S/C21H26F3N3O5S2/c1-33(28,29)27(34(2,30)31)18-11-12-20(32-21(22,23)24)17(14-18)15-25-26-13-7-6-10-19(26)16-8-4-3-5-9-16/h3-5,8-9,11-12,14,19,25H,6-7,10,13,15H2,1-2H3. The first-order valence-electron chi connectivity index (χ1n) is 10.4. The maximum absolute atomic E-state index is 13.0. The van der Waals surface area contributed by atoms with Gasteiger partial charge in [-0.1, -0.05) is 36.8 Å². The number of anilines is 1. The lowest BCUT2D eigenvalue weighted by atomic mass is 9.97. The largest absolute Gasteiger partial charge is 0.573 e. The summed E-state index contributed by atoms with van der Waals surface area (Å²) in [5, 5.41) is 1.92. The monoisotopic (exact) mass is 521 g/mol. The van der Waals surface area contributed by atoms with Gasteiger partial charge in [0.25, 0.3) is 0 Å². The third-order valence-corrected chi connectivity index (χ3v) is 8.49.